The largest absolute Gasteiger partial charge is 0.291 e. The smallest absolute Gasteiger partial charge is 0.194 e. The maximum Gasteiger partial charge on any atom is 0.194 e. The molecular formula is C16H16N2S. The number of nitrogens with zero attached hydrogens (tertiary/aromatic N) is 2. The number of benzene rings is 1. The summed E-state index contributed by atoms with van der Waals surface area (Å²) in [5.41, 5.74) is 6.75. The molecule has 0 saturated carbocycles. The van der Waals surface area contributed by atoms with E-state index in [1.807, 2.05) is 0 Å². The number of rotatable bonds is 0. The van der Waals surface area contributed by atoms with E-state index in [0.717, 1.165) is 17.8 Å². The Morgan fingerprint density at radius 3 is 2.89 bits per heavy atom. The molecular weight excluding hydrogens is 252 g/mol. The van der Waals surface area contributed by atoms with E-state index in [0.29, 0.717) is 0 Å². The third-order valence-corrected chi connectivity index (χ3v) is 5.22. The molecule has 0 aliphatic heterocycles. The van der Waals surface area contributed by atoms with Crippen LogP contribution in [0.4, 0.5) is 0 Å². The Morgan fingerprint density at radius 2 is 2.00 bits per heavy atom. The van der Waals surface area contributed by atoms with Gasteiger partial charge in [-0.05, 0) is 38.7 Å². The molecule has 19 heavy (non-hydrogen) atoms. The number of hydrogen-bond acceptors (Lipinski definition) is 2. The van der Waals surface area contributed by atoms with Crippen molar-refractivity contribution < 1.29 is 0 Å². The summed E-state index contributed by atoms with van der Waals surface area (Å²) in [6.45, 7) is 4.39. The molecule has 3 heteroatoms. The van der Waals surface area contributed by atoms with Gasteiger partial charge in [0.1, 0.15) is 0 Å². The van der Waals surface area contributed by atoms with E-state index < -0.39 is 0 Å². The Balaban J connectivity index is 2.09. The second-order valence-electron chi connectivity index (χ2n) is 5.28. The molecule has 0 N–H and O–H groups in total. The molecule has 0 spiro atoms. The van der Waals surface area contributed by atoms with Crippen molar-refractivity contribution in [2.75, 3.05) is 0 Å². The third kappa shape index (κ3) is 1.51. The minimum Gasteiger partial charge on any atom is -0.291 e. The molecule has 4 rings (SSSR count). The van der Waals surface area contributed by atoms with Crippen LogP contribution in [0.25, 0.3) is 16.2 Å². The van der Waals surface area contributed by atoms with Crippen LogP contribution in [0.15, 0.2) is 24.3 Å². The fourth-order valence-corrected chi connectivity index (χ4v) is 4.06. The summed E-state index contributed by atoms with van der Waals surface area (Å²) in [7, 11) is 0. The Hall–Kier alpha value is -1.61. The van der Waals surface area contributed by atoms with Gasteiger partial charge < -0.3 is 0 Å². The molecule has 3 aromatic rings. The molecule has 0 saturated heterocycles. The second kappa shape index (κ2) is 3.94. The van der Waals surface area contributed by atoms with Gasteiger partial charge in [0.05, 0.1) is 11.4 Å². The van der Waals surface area contributed by atoms with Gasteiger partial charge in [-0.15, -0.1) is 11.3 Å². The predicted octanol–water partition coefficient (Wildman–Crippen LogP) is 4.17. The SMILES string of the molecule is Cc1sc2nc3c(n2c1C)CCCc1ccccc1-3. The van der Waals surface area contributed by atoms with E-state index in [4.69, 9.17) is 4.98 Å². The summed E-state index contributed by atoms with van der Waals surface area (Å²) in [5, 5.41) is 0. The molecule has 0 unspecified atom stereocenters. The molecule has 0 radical (unpaired) electrons. The molecule has 2 aromatic heterocycles. The molecule has 0 amide bonds. The zero-order valence-corrected chi connectivity index (χ0v) is 12.0. The van der Waals surface area contributed by atoms with Crippen LogP contribution in [-0.2, 0) is 12.8 Å². The first-order chi connectivity index (χ1) is 9.25. The molecule has 1 aromatic carbocycles. The van der Waals surface area contributed by atoms with E-state index in [-0.39, 0.29) is 0 Å². The fraction of sp³-hybridized carbons (Fsp3) is 0.312. The van der Waals surface area contributed by atoms with Gasteiger partial charge >= 0.3 is 0 Å². The van der Waals surface area contributed by atoms with Crippen LogP contribution >= 0.6 is 11.3 Å². The lowest BCUT2D eigenvalue weighted by Crippen LogP contribution is -1.95. The van der Waals surface area contributed by atoms with Crippen molar-refractivity contribution in [2.45, 2.75) is 33.1 Å². The van der Waals surface area contributed by atoms with E-state index in [2.05, 4.69) is 42.5 Å². The molecule has 2 nitrogen and oxygen atoms in total. The standard InChI is InChI=1S/C16H16N2S/c1-10-11(2)19-16-17-15-13-8-4-3-6-12(13)7-5-9-14(15)18(10)16/h3-4,6,8H,5,7,9H2,1-2H3. The summed E-state index contributed by atoms with van der Waals surface area (Å²) >= 11 is 1.81. The number of thiazole rings is 1. The summed E-state index contributed by atoms with van der Waals surface area (Å²) in [6.07, 6.45) is 3.51. The normalized spacial score (nSPS) is 14.2. The van der Waals surface area contributed by atoms with E-state index >= 15 is 0 Å². The Bertz CT molecular complexity index is 779. The Morgan fingerprint density at radius 1 is 1.16 bits per heavy atom. The maximum atomic E-state index is 4.92. The van der Waals surface area contributed by atoms with Gasteiger partial charge in [-0.2, -0.15) is 0 Å². The van der Waals surface area contributed by atoms with Gasteiger partial charge in [0.2, 0.25) is 0 Å². The first-order valence-corrected chi connectivity index (χ1v) is 7.63. The highest BCUT2D eigenvalue weighted by Crippen LogP contribution is 2.35. The van der Waals surface area contributed by atoms with Crippen LogP contribution in [0.2, 0.25) is 0 Å². The van der Waals surface area contributed by atoms with Crippen LogP contribution in [0.3, 0.4) is 0 Å². The highest BCUT2D eigenvalue weighted by molar-refractivity contribution is 7.17. The lowest BCUT2D eigenvalue weighted by atomic mass is 10.0. The number of aromatic nitrogens is 2. The van der Waals surface area contributed by atoms with Gasteiger partial charge in [0, 0.05) is 16.1 Å². The van der Waals surface area contributed by atoms with Crippen LogP contribution in [0.1, 0.15) is 28.2 Å². The van der Waals surface area contributed by atoms with E-state index in [1.165, 1.54) is 39.5 Å². The minimum atomic E-state index is 1.13. The number of imidazole rings is 1. The second-order valence-corrected chi connectivity index (χ2v) is 6.46. The monoisotopic (exact) mass is 268 g/mol. The molecule has 0 atom stereocenters. The lowest BCUT2D eigenvalue weighted by Gasteiger charge is -2.04. The van der Waals surface area contributed by atoms with Crippen molar-refractivity contribution in [3.8, 4) is 11.3 Å². The molecule has 1 aliphatic rings. The summed E-state index contributed by atoms with van der Waals surface area (Å²) in [6, 6.07) is 8.73. The van der Waals surface area contributed by atoms with Gasteiger partial charge in [-0.1, -0.05) is 24.3 Å². The number of hydrogen-bond donors (Lipinski definition) is 0. The predicted molar refractivity (Wildman–Crippen MR) is 80.0 cm³/mol. The molecule has 0 fully saturated rings. The maximum absolute atomic E-state index is 4.92. The van der Waals surface area contributed by atoms with Crippen molar-refractivity contribution >= 4 is 16.3 Å². The first-order valence-electron chi connectivity index (χ1n) is 6.81. The fourth-order valence-electron chi connectivity index (χ4n) is 3.08. The molecule has 0 bridgehead atoms. The quantitative estimate of drug-likeness (QED) is 0.598. The number of aryl methyl sites for hydroxylation is 4. The third-order valence-electron chi connectivity index (χ3n) is 4.16. The lowest BCUT2D eigenvalue weighted by molar-refractivity contribution is 0.801. The topological polar surface area (TPSA) is 17.3 Å². The van der Waals surface area contributed by atoms with Gasteiger partial charge in [0.25, 0.3) is 0 Å². The Labute approximate surface area is 116 Å². The molecule has 2 heterocycles. The van der Waals surface area contributed by atoms with Crippen molar-refractivity contribution in [3.63, 3.8) is 0 Å². The molecule has 96 valence electrons. The van der Waals surface area contributed by atoms with Crippen LogP contribution in [-0.4, -0.2) is 9.38 Å². The Kier molecular flexibility index (Phi) is 2.33. The van der Waals surface area contributed by atoms with Crippen molar-refractivity contribution in [1.82, 2.24) is 9.38 Å². The van der Waals surface area contributed by atoms with E-state index in [9.17, 15) is 0 Å². The van der Waals surface area contributed by atoms with Crippen molar-refractivity contribution in [1.29, 1.82) is 0 Å². The average Bonchev–Trinajstić information content (AvgIpc) is 2.82. The van der Waals surface area contributed by atoms with Crippen molar-refractivity contribution in [3.05, 3.63) is 46.1 Å². The first kappa shape index (κ1) is 11.2. The minimum absolute atomic E-state index is 1.13. The summed E-state index contributed by atoms with van der Waals surface area (Å²) < 4.78 is 2.37. The summed E-state index contributed by atoms with van der Waals surface area (Å²) in [4.78, 5) is 7.45. The van der Waals surface area contributed by atoms with Crippen LogP contribution in [0, 0.1) is 13.8 Å². The zero-order valence-electron chi connectivity index (χ0n) is 11.2. The highest BCUT2D eigenvalue weighted by Gasteiger charge is 2.22. The highest BCUT2D eigenvalue weighted by atomic mass is 32.1. The van der Waals surface area contributed by atoms with Crippen molar-refractivity contribution in [2.24, 2.45) is 0 Å². The van der Waals surface area contributed by atoms with Crippen LogP contribution in [0.5, 0.6) is 0 Å². The molecule has 1 aliphatic carbocycles. The van der Waals surface area contributed by atoms with Crippen LogP contribution < -0.4 is 0 Å². The number of fused-ring (bicyclic) bond motifs is 5. The van der Waals surface area contributed by atoms with Gasteiger partial charge in [-0.3, -0.25) is 4.40 Å². The van der Waals surface area contributed by atoms with E-state index in [1.54, 1.807) is 11.3 Å². The van der Waals surface area contributed by atoms with Gasteiger partial charge in [0.15, 0.2) is 4.96 Å². The average molecular weight is 268 g/mol. The zero-order chi connectivity index (χ0) is 13.0. The van der Waals surface area contributed by atoms with Gasteiger partial charge in [-0.25, -0.2) is 4.98 Å². The summed E-state index contributed by atoms with van der Waals surface area (Å²) in [5.74, 6) is 0.